The highest BCUT2D eigenvalue weighted by Crippen LogP contribution is 2.13. The second kappa shape index (κ2) is 7.93. The van der Waals surface area contributed by atoms with Crippen molar-refractivity contribution in [1.29, 1.82) is 0 Å². The summed E-state index contributed by atoms with van der Waals surface area (Å²) in [4.78, 5) is 27.2. The number of pyridine rings is 1. The molecule has 0 saturated carbocycles. The van der Waals surface area contributed by atoms with Crippen molar-refractivity contribution in [2.45, 2.75) is 20.8 Å². The predicted molar refractivity (Wildman–Crippen MR) is 74.2 cm³/mol. The van der Waals surface area contributed by atoms with Crippen LogP contribution in [0.2, 0.25) is 0 Å². The van der Waals surface area contributed by atoms with Crippen molar-refractivity contribution in [2.24, 2.45) is 0 Å². The van der Waals surface area contributed by atoms with Crippen LogP contribution in [0.15, 0.2) is 30.1 Å². The van der Waals surface area contributed by atoms with Crippen LogP contribution in [0.5, 0.6) is 0 Å². The summed E-state index contributed by atoms with van der Waals surface area (Å²) in [6, 6.07) is 3.24. The monoisotopic (exact) mass is 278 g/mol. The Labute approximate surface area is 117 Å². The van der Waals surface area contributed by atoms with Gasteiger partial charge in [0.15, 0.2) is 0 Å². The fraction of sp³-hybridized carbons (Fsp3) is 0.357. The lowest BCUT2D eigenvalue weighted by atomic mass is 10.2. The largest absolute Gasteiger partial charge is 0.463 e. The molecule has 0 unspecified atom stereocenters. The molecular weight excluding hydrogens is 260 g/mol. The van der Waals surface area contributed by atoms with E-state index >= 15 is 0 Å². The fourth-order valence-electron chi connectivity index (χ4n) is 1.37. The number of hydrogen-bond donors (Lipinski definition) is 1. The van der Waals surface area contributed by atoms with E-state index in [1.165, 1.54) is 6.20 Å². The maximum Gasteiger partial charge on any atom is 0.341 e. The van der Waals surface area contributed by atoms with Crippen LogP contribution in [-0.2, 0) is 14.3 Å². The molecule has 0 amide bonds. The smallest absolute Gasteiger partial charge is 0.341 e. The van der Waals surface area contributed by atoms with Gasteiger partial charge in [-0.05, 0) is 32.9 Å². The van der Waals surface area contributed by atoms with E-state index in [9.17, 15) is 9.59 Å². The second-order valence-corrected chi connectivity index (χ2v) is 3.81. The van der Waals surface area contributed by atoms with Crippen molar-refractivity contribution in [3.63, 3.8) is 0 Å². The molecule has 0 aliphatic rings. The van der Waals surface area contributed by atoms with Crippen LogP contribution in [0.1, 0.15) is 31.1 Å². The molecule has 1 aromatic heterocycles. The van der Waals surface area contributed by atoms with Crippen LogP contribution in [-0.4, -0.2) is 30.1 Å². The predicted octanol–water partition coefficient (Wildman–Crippen LogP) is 2.14. The summed E-state index contributed by atoms with van der Waals surface area (Å²) in [7, 11) is 0. The Balaban J connectivity index is 2.85. The van der Waals surface area contributed by atoms with Crippen LogP contribution in [0, 0.1) is 0 Å². The Morgan fingerprint density at radius 1 is 1.30 bits per heavy atom. The maximum absolute atomic E-state index is 11.7. The van der Waals surface area contributed by atoms with Gasteiger partial charge in [0.2, 0.25) is 0 Å². The molecule has 0 aliphatic heterocycles. The molecule has 0 saturated heterocycles. The summed E-state index contributed by atoms with van der Waals surface area (Å²) in [5.41, 5.74) is 0.689. The first-order valence-corrected chi connectivity index (χ1v) is 6.32. The lowest BCUT2D eigenvalue weighted by molar-refractivity contribution is -0.138. The quantitative estimate of drug-likeness (QED) is 0.634. The summed E-state index contributed by atoms with van der Waals surface area (Å²) < 4.78 is 9.78. The van der Waals surface area contributed by atoms with Crippen LogP contribution in [0.3, 0.4) is 0 Å². The van der Waals surface area contributed by atoms with E-state index in [1.807, 2.05) is 0 Å². The van der Waals surface area contributed by atoms with E-state index in [1.54, 1.807) is 39.1 Å². The number of rotatable bonds is 6. The normalized spacial score (nSPS) is 10.8. The molecule has 0 aliphatic carbocycles. The number of nitrogens with zero attached hydrogens (tertiary/aromatic N) is 1. The van der Waals surface area contributed by atoms with E-state index in [-0.39, 0.29) is 6.61 Å². The van der Waals surface area contributed by atoms with E-state index in [2.05, 4.69) is 10.3 Å². The first-order valence-electron chi connectivity index (χ1n) is 6.32. The average molecular weight is 278 g/mol. The highest BCUT2D eigenvalue weighted by molar-refractivity contribution is 5.95. The Morgan fingerprint density at radius 3 is 2.65 bits per heavy atom. The fourth-order valence-corrected chi connectivity index (χ4v) is 1.37. The lowest BCUT2D eigenvalue weighted by Gasteiger charge is -2.08. The summed E-state index contributed by atoms with van der Waals surface area (Å²) in [6.45, 7) is 5.66. The first kappa shape index (κ1) is 15.7. The number of aromatic nitrogens is 1. The number of carbonyl (C=O) groups is 2. The highest BCUT2D eigenvalue weighted by Gasteiger charge is 2.12. The number of esters is 2. The molecule has 6 heteroatoms. The summed E-state index contributed by atoms with van der Waals surface area (Å²) in [5, 5.41) is 2.82. The molecule has 0 radical (unpaired) electrons. The first-order chi connectivity index (χ1) is 9.60. The zero-order valence-electron chi connectivity index (χ0n) is 11.8. The molecule has 0 spiro atoms. The van der Waals surface area contributed by atoms with Crippen molar-refractivity contribution >= 4 is 17.8 Å². The van der Waals surface area contributed by atoms with Crippen LogP contribution >= 0.6 is 0 Å². The minimum absolute atomic E-state index is 0.283. The van der Waals surface area contributed by atoms with Crippen molar-refractivity contribution in [3.05, 3.63) is 35.7 Å². The van der Waals surface area contributed by atoms with Gasteiger partial charge in [-0.1, -0.05) is 0 Å². The molecule has 0 atom stereocenters. The Kier molecular flexibility index (Phi) is 6.22. The van der Waals surface area contributed by atoms with E-state index in [0.717, 1.165) is 0 Å². The average Bonchev–Trinajstić information content (AvgIpc) is 2.45. The summed E-state index contributed by atoms with van der Waals surface area (Å²) in [6.07, 6.45) is 2.99. The molecule has 108 valence electrons. The van der Waals surface area contributed by atoms with Gasteiger partial charge in [-0.2, -0.15) is 0 Å². The standard InChI is InChI=1S/C14H18N2O4/c1-4-19-13(17)10(3)9-16-12-11(7-6-8-15-12)14(18)20-5-2/h6-9H,4-5H2,1-3H3,(H,15,16)/b10-9+. The van der Waals surface area contributed by atoms with Gasteiger partial charge in [0.25, 0.3) is 0 Å². The maximum atomic E-state index is 11.7. The summed E-state index contributed by atoms with van der Waals surface area (Å²) >= 11 is 0. The van der Waals surface area contributed by atoms with Crippen molar-refractivity contribution in [1.82, 2.24) is 4.98 Å². The van der Waals surface area contributed by atoms with Crippen molar-refractivity contribution in [3.8, 4) is 0 Å². The van der Waals surface area contributed by atoms with Gasteiger partial charge in [0.1, 0.15) is 11.4 Å². The zero-order valence-corrected chi connectivity index (χ0v) is 11.8. The number of nitrogens with one attached hydrogen (secondary N) is 1. The molecule has 6 nitrogen and oxygen atoms in total. The molecular formula is C14H18N2O4. The third kappa shape index (κ3) is 4.38. The van der Waals surface area contributed by atoms with Gasteiger partial charge in [0.05, 0.1) is 18.8 Å². The van der Waals surface area contributed by atoms with Gasteiger partial charge < -0.3 is 14.8 Å². The van der Waals surface area contributed by atoms with Crippen LogP contribution in [0.25, 0.3) is 0 Å². The molecule has 0 fully saturated rings. The highest BCUT2D eigenvalue weighted by atomic mass is 16.5. The molecule has 0 bridgehead atoms. The summed E-state index contributed by atoms with van der Waals surface area (Å²) in [5.74, 6) is -0.562. The topological polar surface area (TPSA) is 77.5 Å². The SMILES string of the molecule is CCOC(=O)/C(C)=C/Nc1ncccc1C(=O)OCC. The molecule has 0 aromatic carbocycles. The lowest BCUT2D eigenvalue weighted by Crippen LogP contribution is -2.10. The number of anilines is 1. The third-order valence-electron chi connectivity index (χ3n) is 2.33. The van der Waals surface area contributed by atoms with Gasteiger partial charge in [0, 0.05) is 12.4 Å². The Morgan fingerprint density at radius 2 is 2.00 bits per heavy atom. The minimum Gasteiger partial charge on any atom is -0.463 e. The minimum atomic E-state index is -0.467. The van der Waals surface area contributed by atoms with Crippen molar-refractivity contribution < 1.29 is 19.1 Å². The molecule has 20 heavy (non-hydrogen) atoms. The van der Waals surface area contributed by atoms with Gasteiger partial charge in [-0.15, -0.1) is 0 Å². The number of ether oxygens (including phenoxy) is 2. The third-order valence-corrected chi connectivity index (χ3v) is 2.33. The van der Waals surface area contributed by atoms with Gasteiger partial charge >= 0.3 is 11.9 Å². The van der Waals surface area contributed by atoms with E-state index in [0.29, 0.717) is 23.6 Å². The van der Waals surface area contributed by atoms with Gasteiger partial charge in [-0.25, -0.2) is 14.6 Å². The Bertz CT molecular complexity index is 512. The van der Waals surface area contributed by atoms with Gasteiger partial charge in [-0.3, -0.25) is 0 Å². The second-order valence-electron chi connectivity index (χ2n) is 3.81. The Hall–Kier alpha value is -2.37. The molecule has 1 N–H and O–H groups in total. The van der Waals surface area contributed by atoms with E-state index < -0.39 is 11.9 Å². The molecule has 1 rings (SSSR count). The van der Waals surface area contributed by atoms with Crippen LogP contribution < -0.4 is 5.32 Å². The molecule has 1 heterocycles. The van der Waals surface area contributed by atoms with Crippen molar-refractivity contribution in [2.75, 3.05) is 18.5 Å². The van der Waals surface area contributed by atoms with E-state index in [4.69, 9.17) is 9.47 Å². The van der Waals surface area contributed by atoms with Crippen LogP contribution in [0.4, 0.5) is 5.82 Å². The molecule has 1 aromatic rings. The number of carbonyl (C=O) groups excluding carboxylic acids is 2. The zero-order chi connectivity index (χ0) is 15.0. The number of hydrogen-bond acceptors (Lipinski definition) is 6.